The molecular weight excluding hydrogens is 300 g/mol. The van der Waals surface area contributed by atoms with E-state index in [0.717, 1.165) is 29.6 Å². The van der Waals surface area contributed by atoms with Crippen LogP contribution in [0.3, 0.4) is 0 Å². The molecule has 0 amide bonds. The summed E-state index contributed by atoms with van der Waals surface area (Å²) in [6.07, 6.45) is 0.712. The smallest absolute Gasteiger partial charge is 0.259 e. The molecule has 3 rings (SSSR count). The second-order valence-corrected chi connectivity index (χ2v) is 6.79. The maximum Gasteiger partial charge on any atom is 0.259 e. The molecular formula is C19H26N4O. The molecule has 1 aromatic carbocycles. The average Bonchev–Trinajstić information content (AvgIpc) is 2.54. The highest BCUT2D eigenvalue weighted by Crippen LogP contribution is 2.28. The van der Waals surface area contributed by atoms with Gasteiger partial charge in [0.15, 0.2) is 0 Å². The molecule has 0 saturated heterocycles. The summed E-state index contributed by atoms with van der Waals surface area (Å²) >= 11 is 0. The minimum atomic E-state index is 0.0861. The molecule has 0 N–H and O–H groups in total. The topological polar surface area (TPSA) is 41.4 Å². The summed E-state index contributed by atoms with van der Waals surface area (Å²) < 4.78 is 1.82. The van der Waals surface area contributed by atoms with Gasteiger partial charge in [-0.1, -0.05) is 19.1 Å². The SMILES string of the molecule is CCc1c(C)nc2n(c1=O)CN(C(C)C)CN2c1cccc(C)c1. The van der Waals surface area contributed by atoms with Crippen molar-refractivity contribution in [1.29, 1.82) is 0 Å². The van der Waals surface area contributed by atoms with Crippen LogP contribution in [-0.4, -0.2) is 27.2 Å². The lowest BCUT2D eigenvalue weighted by Crippen LogP contribution is -2.50. The van der Waals surface area contributed by atoms with Gasteiger partial charge in [0.2, 0.25) is 5.95 Å². The Labute approximate surface area is 143 Å². The standard InChI is InChI=1S/C19H26N4O/c1-6-17-15(5)20-19-22(16-9-7-8-14(4)10-16)11-21(13(2)3)12-23(19)18(17)24/h7-10,13H,6,11-12H2,1-5H3. The van der Waals surface area contributed by atoms with Crippen molar-refractivity contribution in [3.63, 3.8) is 0 Å². The molecule has 0 atom stereocenters. The second-order valence-electron chi connectivity index (χ2n) is 6.79. The van der Waals surface area contributed by atoms with Crippen molar-refractivity contribution in [1.82, 2.24) is 14.5 Å². The number of fused-ring (bicyclic) bond motifs is 1. The third-order valence-electron chi connectivity index (χ3n) is 4.73. The van der Waals surface area contributed by atoms with Gasteiger partial charge in [0, 0.05) is 23.0 Å². The van der Waals surface area contributed by atoms with E-state index in [1.165, 1.54) is 5.56 Å². The molecule has 0 bridgehead atoms. The van der Waals surface area contributed by atoms with E-state index in [4.69, 9.17) is 4.98 Å². The summed E-state index contributed by atoms with van der Waals surface area (Å²) in [4.78, 5) is 22.2. The van der Waals surface area contributed by atoms with Crippen molar-refractivity contribution >= 4 is 11.6 Å². The van der Waals surface area contributed by atoms with Gasteiger partial charge in [0.05, 0.1) is 13.3 Å². The second kappa shape index (κ2) is 6.40. The number of hydrogen-bond acceptors (Lipinski definition) is 4. The Bertz CT molecular complexity index is 809. The Balaban J connectivity index is 2.20. The largest absolute Gasteiger partial charge is 0.298 e. The van der Waals surface area contributed by atoms with E-state index < -0.39 is 0 Å². The minimum absolute atomic E-state index is 0.0861. The molecule has 128 valence electrons. The number of hydrogen-bond donors (Lipinski definition) is 0. The summed E-state index contributed by atoms with van der Waals surface area (Å²) in [5.41, 5.74) is 4.01. The van der Waals surface area contributed by atoms with Crippen LogP contribution in [0.2, 0.25) is 0 Å². The van der Waals surface area contributed by atoms with Crippen molar-refractivity contribution in [2.75, 3.05) is 11.6 Å². The van der Waals surface area contributed by atoms with Crippen LogP contribution in [0, 0.1) is 13.8 Å². The first-order valence-electron chi connectivity index (χ1n) is 8.61. The molecule has 24 heavy (non-hydrogen) atoms. The maximum atomic E-state index is 12.9. The zero-order valence-electron chi connectivity index (χ0n) is 15.2. The number of rotatable bonds is 3. The Morgan fingerprint density at radius 3 is 2.58 bits per heavy atom. The van der Waals surface area contributed by atoms with Gasteiger partial charge in [-0.3, -0.25) is 19.2 Å². The summed E-state index contributed by atoms with van der Waals surface area (Å²) in [6.45, 7) is 11.7. The van der Waals surface area contributed by atoms with Crippen molar-refractivity contribution in [2.24, 2.45) is 0 Å². The molecule has 5 nitrogen and oxygen atoms in total. The Hall–Kier alpha value is -2.14. The molecule has 2 heterocycles. The van der Waals surface area contributed by atoms with Crippen LogP contribution in [0.5, 0.6) is 0 Å². The predicted octanol–water partition coefficient (Wildman–Crippen LogP) is 3.20. The van der Waals surface area contributed by atoms with Gasteiger partial charge in [-0.25, -0.2) is 4.98 Å². The predicted molar refractivity (Wildman–Crippen MR) is 97.8 cm³/mol. The molecule has 2 aromatic rings. The third kappa shape index (κ3) is 2.84. The quantitative estimate of drug-likeness (QED) is 0.868. The van der Waals surface area contributed by atoms with E-state index in [2.05, 4.69) is 54.8 Å². The Morgan fingerprint density at radius 1 is 1.21 bits per heavy atom. The van der Waals surface area contributed by atoms with Gasteiger partial charge >= 0.3 is 0 Å². The number of aromatic nitrogens is 2. The molecule has 5 heteroatoms. The fourth-order valence-corrected chi connectivity index (χ4v) is 3.22. The number of aryl methyl sites for hydroxylation is 2. The molecule has 0 radical (unpaired) electrons. The van der Waals surface area contributed by atoms with E-state index >= 15 is 0 Å². The lowest BCUT2D eigenvalue weighted by atomic mass is 10.2. The summed E-state index contributed by atoms with van der Waals surface area (Å²) in [6, 6.07) is 8.71. The molecule has 1 aromatic heterocycles. The van der Waals surface area contributed by atoms with E-state index in [-0.39, 0.29) is 5.56 Å². The average molecular weight is 326 g/mol. The zero-order chi connectivity index (χ0) is 17.4. The molecule has 0 aliphatic carbocycles. The monoisotopic (exact) mass is 326 g/mol. The zero-order valence-corrected chi connectivity index (χ0v) is 15.2. The van der Waals surface area contributed by atoms with Crippen LogP contribution >= 0.6 is 0 Å². The molecule has 0 spiro atoms. The lowest BCUT2D eigenvalue weighted by molar-refractivity contribution is 0.156. The highest BCUT2D eigenvalue weighted by Gasteiger charge is 2.28. The van der Waals surface area contributed by atoms with Crippen molar-refractivity contribution < 1.29 is 0 Å². The molecule has 0 saturated carbocycles. The molecule has 0 unspecified atom stereocenters. The Kier molecular flexibility index (Phi) is 4.45. The van der Waals surface area contributed by atoms with Gasteiger partial charge in [0.25, 0.3) is 5.56 Å². The van der Waals surface area contributed by atoms with Crippen LogP contribution in [0.25, 0.3) is 0 Å². The van der Waals surface area contributed by atoms with E-state index in [1.807, 2.05) is 18.4 Å². The van der Waals surface area contributed by atoms with Crippen molar-refractivity contribution in [3.8, 4) is 0 Å². The molecule has 1 aliphatic rings. The van der Waals surface area contributed by atoms with Crippen LogP contribution in [0.15, 0.2) is 29.1 Å². The highest BCUT2D eigenvalue weighted by molar-refractivity contribution is 5.59. The first kappa shape index (κ1) is 16.7. The van der Waals surface area contributed by atoms with Gasteiger partial charge in [-0.05, 0) is 51.8 Å². The van der Waals surface area contributed by atoms with Gasteiger partial charge in [-0.2, -0.15) is 0 Å². The number of nitrogens with zero attached hydrogens (tertiary/aromatic N) is 4. The normalized spacial score (nSPS) is 15.0. The number of benzene rings is 1. The van der Waals surface area contributed by atoms with Crippen LogP contribution in [0.4, 0.5) is 11.6 Å². The van der Waals surface area contributed by atoms with Crippen molar-refractivity contribution in [3.05, 3.63) is 51.4 Å². The highest BCUT2D eigenvalue weighted by atomic mass is 16.1. The van der Waals surface area contributed by atoms with E-state index in [0.29, 0.717) is 19.1 Å². The summed E-state index contributed by atoms with van der Waals surface area (Å²) in [5.74, 6) is 0.747. The van der Waals surface area contributed by atoms with Crippen LogP contribution in [-0.2, 0) is 13.1 Å². The van der Waals surface area contributed by atoms with Gasteiger partial charge < -0.3 is 0 Å². The fraction of sp³-hybridized carbons (Fsp3) is 0.474. The fourth-order valence-electron chi connectivity index (χ4n) is 3.22. The first-order valence-corrected chi connectivity index (χ1v) is 8.61. The van der Waals surface area contributed by atoms with Crippen LogP contribution < -0.4 is 10.5 Å². The lowest BCUT2D eigenvalue weighted by Gasteiger charge is -2.40. The van der Waals surface area contributed by atoms with E-state index in [9.17, 15) is 4.79 Å². The van der Waals surface area contributed by atoms with Gasteiger partial charge in [0.1, 0.15) is 0 Å². The summed E-state index contributed by atoms with van der Waals surface area (Å²) in [5, 5.41) is 0. The van der Waals surface area contributed by atoms with Crippen molar-refractivity contribution in [2.45, 2.75) is 53.8 Å². The maximum absolute atomic E-state index is 12.9. The molecule has 0 fully saturated rings. The van der Waals surface area contributed by atoms with Gasteiger partial charge in [-0.15, -0.1) is 0 Å². The summed E-state index contributed by atoms with van der Waals surface area (Å²) in [7, 11) is 0. The minimum Gasteiger partial charge on any atom is -0.298 e. The Morgan fingerprint density at radius 2 is 1.96 bits per heavy atom. The van der Waals surface area contributed by atoms with E-state index in [1.54, 1.807) is 0 Å². The van der Waals surface area contributed by atoms with Crippen LogP contribution in [0.1, 0.15) is 37.6 Å². The number of anilines is 2. The molecule has 1 aliphatic heterocycles. The first-order chi connectivity index (χ1) is 11.4. The third-order valence-corrected chi connectivity index (χ3v) is 4.73.